The number of anilines is 1. The molecule has 4 aliphatic rings. The highest BCUT2D eigenvalue weighted by atomic mass is 32.1. The van der Waals surface area contributed by atoms with E-state index in [0.29, 0.717) is 24.1 Å². The number of piperidine rings is 1. The zero-order valence-electron chi connectivity index (χ0n) is 36.8. The van der Waals surface area contributed by atoms with Crippen molar-refractivity contribution in [2.24, 2.45) is 10.9 Å². The van der Waals surface area contributed by atoms with Crippen LogP contribution in [0.3, 0.4) is 0 Å². The van der Waals surface area contributed by atoms with Crippen molar-refractivity contribution in [1.29, 1.82) is 0 Å². The molecule has 11 heteroatoms. The lowest BCUT2D eigenvalue weighted by molar-refractivity contribution is -0.140. The molecule has 7 aromatic rings. The van der Waals surface area contributed by atoms with Crippen LogP contribution in [0.4, 0.5) is 5.69 Å². The molecule has 1 aliphatic carbocycles. The average Bonchev–Trinajstić information content (AvgIpc) is 3.99. The molecule has 324 valence electrons. The van der Waals surface area contributed by atoms with E-state index in [1.54, 1.807) is 36.8 Å². The molecule has 6 heterocycles. The first-order valence-corrected chi connectivity index (χ1v) is 23.0. The van der Waals surface area contributed by atoms with Crippen LogP contribution in [0, 0.1) is 33.6 Å². The van der Waals surface area contributed by atoms with Crippen LogP contribution in [-0.2, 0) is 24.2 Å². The molecule has 2 fully saturated rings. The minimum atomic E-state index is 0.150. The van der Waals surface area contributed by atoms with Crippen LogP contribution < -0.4 is 4.90 Å². The number of fused-ring (bicyclic) bond motifs is 4. The Hall–Kier alpha value is -6.33. The molecule has 0 radical (unpaired) electrons. The second kappa shape index (κ2) is 20.2. The average molecular weight is 860 g/mol. The van der Waals surface area contributed by atoms with E-state index >= 15 is 0 Å². The smallest absolute Gasteiger partial charge is 0.225 e. The standard InChI is InChI=1S/C32H34N6OS.C10H12O.C6H6.C4H5NO/c1-20-21(2)40-32-29(20)30(33-17-28-35-34-22(3)38(28)32)24-11-9-23(10-12-24)26-18-37(19-26)31(39)25-13-15-36(16-14-25)27-7-5-4-6-8-27;11-10-6-5-8-3-1-2-4-9(8)7-10;1-2-4-6-5-3-1;1-4-5-2-3-6-4/h4-12,25-26H,13-19H2,1-3H3;5-7,11H,1-4H2;1-6H;2-3H,1H3. The van der Waals surface area contributed by atoms with E-state index in [-0.39, 0.29) is 5.92 Å². The SMILES string of the molecule is Cc1ncco1.Cc1sc2c(c1C)C(c1ccc(C3CN(C(=O)C4CCN(c5ccccc5)CC4)C3)cc1)=NCc1nnc(C)n1-2.Oc1ccc2c(c1)CCCC2.c1ccccc1. The first-order chi connectivity index (χ1) is 30.7. The molecule has 11 rings (SSSR count). The van der Waals surface area contributed by atoms with E-state index in [2.05, 4.69) is 98.0 Å². The number of para-hydroxylation sites is 1. The second-order valence-electron chi connectivity index (χ2n) is 16.7. The Morgan fingerprint density at radius 2 is 1.46 bits per heavy atom. The van der Waals surface area contributed by atoms with Gasteiger partial charge in [0.05, 0.1) is 11.9 Å². The number of carbonyl (C=O) groups excluding carboxylic acids is 1. The molecule has 2 saturated heterocycles. The lowest BCUT2D eigenvalue weighted by Crippen LogP contribution is -2.52. The van der Waals surface area contributed by atoms with Gasteiger partial charge in [0.15, 0.2) is 11.7 Å². The molecular formula is C52H57N7O3S. The van der Waals surface area contributed by atoms with Crippen molar-refractivity contribution in [2.75, 3.05) is 31.1 Å². The third-order valence-corrected chi connectivity index (χ3v) is 13.6. The van der Waals surface area contributed by atoms with Crippen molar-refractivity contribution >= 4 is 28.6 Å². The lowest BCUT2D eigenvalue weighted by Gasteiger charge is -2.43. The van der Waals surface area contributed by atoms with Gasteiger partial charge in [-0.25, -0.2) is 4.98 Å². The first kappa shape index (κ1) is 43.3. The number of aromatic nitrogens is 4. The maximum atomic E-state index is 13.2. The van der Waals surface area contributed by atoms with Gasteiger partial charge in [0, 0.05) is 66.6 Å². The van der Waals surface area contributed by atoms with E-state index in [1.807, 2.05) is 55.5 Å². The number of aromatic hydroxyl groups is 1. The number of benzene rings is 4. The second-order valence-corrected chi connectivity index (χ2v) is 17.9. The maximum absolute atomic E-state index is 13.2. The fourth-order valence-corrected chi connectivity index (χ4v) is 9.97. The summed E-state index contributed by atoms with van der Waals surface area (Å²) >= 11 is 1.79. The molecule has 4 aromatic carbocycles. The van der Waals surface area contributed by atoms with Crippen LogP contribution >= 0.6 is 11.3 Å². The summed E-state index contributed by atoms with van der Waals surface area (Å²) in [6, 6.07) is 37.1. The van der Waals surface area contributed by atoms with Gasteiger partial charge in [-0.15, -0.1) is 21.5 Å². The zero-order valence-corrected chi connectivity index (χ0v) is 37.6. The van der Waals surface area contributed by atoms with E-state index in [0.717, 1.165) is 79.3 Å². The van der Waals surface area contributed by atoms with Crippen LogP contribution in [0.25, 0.3) is 5.00 Å². The number of hydrogen-bond donors (Lipinski definition) is 1. The predicted molar refractivity (Wildman–Crippen MR) is 252 cm³/mol. The number of hydrogen-bond acceptors (Lipinski definition) is 9. The normalized spacial score (nSPS) is 15.6. The summed E-state index contributed by atoms with van der Waals surface area (Å²) in [5.41, 5.74) is 9.94. The summed E-state index contributed by atoms with van der Waals surface area (Å²) in [7, 11) is 0. The number of phenols is 1. The van der Waals surface area contributed by atoms with Gasteiger partial charge in [0.25, 0.3) is 0 Å². The van der Waals surface area contributed by atoms with E-state index in [9.17, 15) is 9.90 Å². The van der Waals surface area contributed by atoms with Gasteiger partial charge in [-0.1, -0.05) is 84.9 Å². The van der Waals surface area contributed by atoms with E-state index < -0.39 is 0 Å². The number of likely N-dealkylation sites (tertiary alicyclic amines) is 1. The highest BCUT2D eigenvalue weighted by Gasteiger charge is 2.36. The predicted octanol–water partition coefficient (Wildman–Crippen LogP) is 10.4. The van der Waals surface area contributed by atoms with Crippen LogP contribution in [-0.4, -0.2) is 67.6 Å². The van der Waals surface area contributed by atoms with Crippen molar-refractivity contribution in [3.05, 3.63) is 177 Å². The molecule has 0 spiro atoms. The highest BCUT2D eigenvalue weighted by Crippen LogP contribution is 2.37. The van der Waals surface area contributed by atoms with Gasteiger partial charge >= 0.3 is 0 Å². The number of phenolic OH excluding ortho intramolecular Hbond substituents is 1. The van der Waals surface area contributed by atoms with E-state index in [4.69, 9.17) is 9.41 Å². The molecule has 0 atom stereocenters. The number of aryl methyl sites for hydroxylation is 5. The first-order valence-electron chi connectivity index (χ1n) is 22.2. The van der Waals surface area contributed by atoms with Crippen molar-refractivity contribution < 1.29 is 14.3 Å². The lowest BCUT2D eigenvalue weighted by atomic mass is 9.87. The fourth-order valence-electron chi connectivity index (χ4n) is 8.75. The van der Waals surface area contributed by atoms with Crippen molar-refractivity contribution in [1.82, 2.24) is 24.6 Å². The number of thiophene rings is 1. The molecule has 1 amide bonds. The van der Waals surface area contributed by atoms with Crippen molar-refractivity contribution in [2.45, 2.75) is 78.7 Å². The number of nitrogens with zero attached hydrogens (tertiary/aromatic N) is 7. The summed E-state index contributed by atoms with van der Waals surface area (Å²) < 4.78 is 6.89. The third kappa shape index (κ3) is 10.3. The monoisotopic (exact) mass is 859 g/mol. The van der Waals surface area contributed by atoms with Gasteiger partial charge < -0.3 is 19.3 Å². The van der Waals surface area contributed by atoms with E-state index in [1.165, 1.54) is 57.6 Å². The molecule has 0 unspecified atom stereocenters. The molecule has 1 N–H and O–H groups in total. The minimum absolute atomic E-state index is 0.150. The Bertz CT molecular complexity index is 2560. The fraction of sp³-hybridized carbons (Fsp3) is 0.327. The Kier molecular flexibility index (Phi) is 13.9. The molecule has 0 saturated carbocycles. The highest BCUT2D eigenvalue weighted by molar-refractivity contribution is 7.15. The van der Waals surface area contributed by atoms with Crippen LogP contribution in [0.2, 0.25) is 0 Å². The molecule has 3 aromatic heterocycles. The zero-order chi connectivity index (χ0) is 43.7. The Morgan fingerprint density at radius 3 is 2.10 bits per heavy atom. The number of oxazole rings is 1. The summed E-state index contributed by atoms with van der Waals surface area (Å²) in [6.07, 6.45) is 9.95. The Morgan fingerprint density at radius 1 is 0.794 bits per heavy atom. The number of carbonyl (C=O) groups is 1. The summed E-state index contributed by atoms with van der Waals surface area (Å²) in [5.74, 6) is 3.80. The molecular weight excluding hydrogens is 803 g/mol. The summed E-state index contributed by atoms with van der Waals surface area (Å²) in [5, 5.41) is 19.0. The van der Waals surface area contributed by atoms with Crippen LogP contribution in [0.1, 0.15) is 87.4 Å². The summed E-state index contributed by atoms with van der Waals surface area (Å²) in [6.45, 7) is 12.2. The molecule has 10 nitrogen and oxygen atoms in total. The number of aliphatic imine (C=N–C) groups is 1. The number of rotatable bonds is 4. The largest absolute Gasteiger partial charge is 0.508 e. The van der Waals surface area contributed by atoms with Crippen LogP contribution in [0.5, 0.6) is 5.75 Å². The van der Waals surface area contributed by atoms with Crippen LogP contribution in [0.15, 0.2) is 131 Å². The van der Waals surface area contributed by atoms with Gasteiger partial charge in [-0.3, -0.25) is 14.4 Å². The maximum Gasteiger partial charge on any atom is 0.225 e. The topological polar surface area (TPSA) is 113 Å². The molecule has 0 bridgehead atoms. The Labute approximate surface area is 375 Å². The van der Waals surface area contributed by atoms with Gasteiger partial charge in [0.2, 0.25) is 5.91 Å². The number of amides is 1. The van der Waals surface area contributed by atoms with Gasteiger partial charge in [-0.05, 0) is 106 Å². The quantitative estimate of drug-likeness (QED) is 0.188. The van der Waals surface area contributed by atoms with Gasteiger partial charge in [-0.2, -0.15) is 0 Å². The van der Waals surface area contributed by atoms with Gasteiger partial charge in [0.1, 0.15) is 29.4 Å². The minimum Gasteiger partial charge on any atom is -0.508 e. The Balaban J connectivity index is 0.000000190. The third-order valence-electron chi connectivity index (χ3n) is 12.4. The van der Waals surface area contributed by atoms with Crippen molar-refractivity contribution in [3.8, 4) is 10.8 Å². The molecule has 63 heavy (non-hydrogen) atoms. The molecule has 3 aliphatic heterocycles. The van der Waals surface area contributed by atoms with Crippen molar-refractivity contribution in [3.63, 3.8) is 0 Å². The summed E-state index contributed by atoms with van der Waals surface area (Å²) in [4.78, 5) is 27.8.